The van der Waals surface area contributed by atoms with E-state index in [1.807, 2.05) is 12.1 Å². The third kappa shape index (κ3) is 2.68. The lowest BCUT2D eigenvalue weighted by molar-refractivity contribution is 0.170. The average molecular weight is 333 g/mol. The Labute approximate surface area is 127 Å². The highest BCUT2D eigenvalue weighted by atomic mass is 79.9. The van der Waals surface area contributed by atoms with Gasteiger partial charge in [-0.2, -0.15) is 0 Å². The van der Waals surface area contributed by atoms with E-state index >= 15 is 0 Å². The maximum absolute atomic E-state index is 5.79. The number of hydrogen-bond acceptors (Lipinski definition) is 2. The molecule has 0 spiro atoms. The Morgan fingerprint density at radius 1 is 1.05 bits per heavy atom. The van der Waals surface area contributed by atoms with Gasteiger partial charge in [-0.15, -0.1) is 0 Å². The van der Waals surface area contributed by atoms with Crippen molar-refractivity contribution in [3.8, 4) is 11.5 Å². The Balaban J connectivity index is 1.88. The molecule has 2 aromatic rings. The van der Waals surface area contributed by atoms with Gasteiger partial charge in [-0.05, 0) is 30.5 Å². The van der Waals surface area contributed by atoms with Gasteiger partial charge in [0.1, 0.15) is 13.2 Å². The third-order valence-electron chi connectivity index (χ3n) is 3.59. The summed E-state index contributed by atoms with van der Waals surface area (Å²) in [5.74, 6) is 1.73. The first-order chi connectivity index (χ1) is 9.75. The van der Waals surface area contributed by atoms with E-state index in [1.54, 1.807) is 0 Å². The van der Waals surface area contributed by atoms with Crippen LogP contribution in [-0.4, -0.2) is 13.2 Å². The summed E-state index contributed by atoms with van der Waals surface area (Å²) in [5.41, 5.74) is 3.83. The maximum atomic E-state index is 5.79. The van der Waals surface area contributed by atoms with Gasteiger partial charge < -0.3 is 9.47 Å². The van der Waals surface area contributed by atoms with Crippen LogP contribution in [0.4, 0.5) is 0 Å². The number of alkyl halides is 1. The summed E-state index contributed by atoms with van der Waals surface area (Å²) in [6.07, 6.45) is 0.937. The molecule has 2 aromatic carbocycles. The van der Waals surface area contributed by atoms with Gasteiger partial charge in [0, 0.05) is 10.4 Å². The largest absolute Gasteiger partial charge is 0.486 e. The molecule has 0 aliphatic carbocycles. The fraction of sp³-hybridized carbons (Fsp3) is 0.294. The van der Waals surface area contributed by atoms with Crippen molar-refractivity contribution < 1.29 is 9.47 Å². The van der Waals surface area contributed by atoms with E-state index in [1.165, 1.54) is 11.1 Å². The van der Waals surface area contributed by atoms with E-state index in [-0.39, 0.29) is 4.83 Å². The minimum atomic E-state index is 0.222. The highest BCUT2D eigenvalue weighted by molar-refractivity contribution is 9.09. The summed E-state index contributed by atoms with van der Waals surface area (Å²) in [5, 5.41) is 0. The van der Waals surface area contributed by atoms with Crippen LogP contribution < -0.4 is 9.47 Å². The molecular weight excluding hydrogens is 316 g/mol. The molecule has 1 unspecified atom stereocenters. The number of ether oxygens (including phenoxy) is 2. The Bertz CT molecular complexity index is 610. The fourth-order valence-electron chi connectivity index (χ4n) is 2.49. The molecular formula is C17H17BrO2. The second-order valence-electron chi connectivity index (χ2n) is 4.97. The van der Waals surface area contributed by atoms with E-state index < -0.39 is 0 Å². The first kappa shape index (κ1) is 13.5. The highest BCUT2D eigenvalue weighted by Gasteiger charge is 2.20. The van der Waals surface area contributed by atoms with E-state index in [4.69, 9.17) is 9.47 Å². The standard InChI is InChI=1S/C17H17BrO2/c1-12-5-2-3-6-13(12)11-15(18)14-7-4-8-16-17(14)20-10-9-19-16/h2-8,15H,9-11H2,1H3. The average Bonchev–Trinajstić information content (AvgIpc) is 2.49. The zero-order valence-corrected chi connectivity index (χ0v) is 13.0. The van der Waals surface area contributed by atoms with Crippen molar-refractivity contribution in [3.63, 3.8) is 0 Å². The SMILES string of the molecule is Cc1ccccc1CC(Br)c1cccc2c1OCCO2. The van der Waals surface area contributed by atoms with Crippen molar-refractivity contribution in [2.24, 2.45) is 0 Å². The molecule has 0 amide bonds. The summed E-state index contributed by atoms with van der Waals surface area (Å²) in [4.78, 5) is 0.222. The van der Waals surface area contributed by atoms with E-state index in [2.05, 4.69) is 53.2 Å². The fourth-order valence-corrected chi connectivity index (χ4v) is 3.19. The number of rotatable bonds is 3. The molecule has 0 N–H and O–H groups in total. The molecule has 0 radical (unpaired) electrons. The quantitative estimate of drug-likeness (QED) is 0.773. The highest BCUT2D eigenvalue weighted by Crippen LogP contribution is 2.41. The van der Waals surface area contributed by atoms with Crippen LogP contribution >= 0.6 is 15.9 Å². The molecule has 1 atom stereocenters. The predicted octanol–water partition coefficient (Wildman–Crippen LogP) is 4.44. The minimum Gasteiger partial charge on any atom is -0.486 e. The maximum Gasteiger partial charge on any atom is 0.165 e. The van der Waals surface area contributed by atoms with Crippen LogP contribution in [-0.2, 0) is 6.42 Å². The number of hydrogen-bond donors (Lipinski definition) is 0. The van der Waals surface area contributed by atoms with Crippen molar-refractivity contribution in [3.05, 3.63) is 59.2 Å². The van der Waals surface area contributed by atoms with Gasteiger partial charge in [0.2, 0.25) is 0 Å². The van der Waals surface area contributed by atoms with Gasteiger partial charge in [-0.25, -0.2) is 0 Å². The van der Waals surface area contributed by atoms with E-state index in [0.29, 0.717) is 13.2 Å². The van der Waals surface area contributed by atoms with Crippen molar-refractivity contribution in [1.29, 1.82) is 0 Å². The van der Waals surface area contributed by atoms with E-state index in [0.717, 1.165) is 23.5 Å². The summed E-state index contributed by atoms with van der Waals surface area (Å²) in [6, 6.07) is 14.6. The van der Waals surface area contributed by atoms with Gasteiger partial charge >= 0.3 is 0 Å². The van der Waals surface area contributed by atoms with Crippen LogP contribution in [0.2, 0.25) is 0 Å². The monoisotopic (exact) mass is 332 g/mol. The second-order valence-corrected chi connectivity index (χ2v) is 6.07. The first-order valence-corrected chi connectivity index (χ1v) is 7.74. The van der Waals surface area contributed by atoms with Crippen molar-refractivity contribution in [2.45, 2.75) is 18.2 Å². The van der Waals surface area contributed by atoms with Crippen LogP contribution in [0.5, 0.6) is 11.5 Å². The molecule has 1 heterocycles. The number of para-hydroxylation sites is 1. The van der Waals surface area contributed by atoms with Gasteiger partial charge in [-0.1, -0.05) is 52.3 Å². The zero-order chi connectivity index (χ0) is 13.9. The summed E-state index contributed by atoms with van der Waals surface area (Å²) in [6.45, 7) is 3.39. The molecule has 0 saturated carbocycles. The van der Waals surface area contributed by atoms with Crippen molar-refractivity contribution in [2.75, 3.05) is 13.2 Å². The molecule has 1 aliphatic rings. The minimum absolute atomic E-state index is 0.222. The summed E-state index contributed by atoms with van der Waals surface area (Å²) < 4.78 is 11.4. The van der Waals surface area contributed by atoms with Gasteiger partial charge in [0.15, 0.2) is 11.5 Å². The Morgan fingerprint density at radius 3 is 2.70 bits per heavy atom. The molecule has 0 fully saturated rings. The lowest BCUT2D eigenvalue weighted by Crippen LogP contribution is -2.17. The molecule has 0 aromatic heterocycles. The molecule has 0 bridgehead atoms. The van der Waals surface area contributed by atoms with Crippen LogP contribution in [0.3, 0.4) is 0 Å². The van der Waals surface area contributed by atoms with Gasteiger partial charge in [-0.3, -0.25) is 0 Å². The molecule has 104 valence electrons. The Morgan fingerprint density at radius 2 is 1.85 bits per heavy atom. The predicted molar refractivity (Wildman–Crippen MR) is 84.0 cm³/mol. The van der Waals surface area contributed by atoms with Crippen molar-refractivity contribution >= 4 is 15.9 Å². The summed E-state index contributed by atoms with van der Waals surface area (Å²) in [7, 11) is 0. The van der Waals surface area contributed by atoms with Crippen molar-refractivity contribution in [1.82, 2.24) is 0 Å². The van der Waals surface area contributed by atoms with Crippen LogP contribution in [0, 0.1) is 6.92 Å². The molecule has 1 aliphatic heterocycles. The number of benzene rings is 2. The molecule has 2 nitrogen and oxygen atoms in total. The molecule has 20 heavy (non-hydrogen) atoms. The van der Waals surface area contributed by atoms with E-state index in [9.17, 15) is 0 Å². The van der Waals surface area contributed by atoms with Gasteiger partial charge in [0.25, 0.3) is 0 Å². The molecule has 3 rings (SSSR count). The molecule has 0 saturated heterocycles. The first-order valence-electron chi connectivity index (χ1n) is 6.83. The van der Waals surface area contributed by atoms with Gasteiger partial charge in [0.05, 0.1) is 0 Å². The number of fused-ring (bicyclic) bond motifs is 1. The number of halogens is 1. The van der Waals surface area contributed by atoms with Crippen LogP contribution in [0.25, 0.3) is 0 Å². The smallest absolute Gasteiger partial charge is 0.165 e. The lowest BCUT2D eigenvalue weighted by atomic mass is 9.99. The second kappa shape index (κ2) is 5.88. The lowest BCUT2D eigenvalue weighted by Gasteiger charge is -2.23. The normalized spacial score (nSPS) is 14.9. The zero-order valence-electron chi connectivity index (χ0n) is 11.4. The third-order valence-corrected chi connectivity index (χ3v) is 4.41. The Kier molecular flexibility index (Phi) is 3.97. The van der Waals surface area contributed by atoms with Crippen LogP contribution in [0.1, 0.15) is 21.5 Å². The topological polar surface area (TPSA) is 18.5 Å². The molecule has 3 heteroatoms. The number of aryl methyl sites for hydroxylation is 1. The summed E-state index contributed by atoms with van der Waals surface area (Å²) >= 11 is 3.80. The van der Waals surface area contributed by atoms with Crippen LogP contribution in [0.15, 0.2) is 42.5 Å². The Hall–Kier alpha value is -1.48.